The van der Waals surface area contributed by atoms with Crippen LogP contribution < -0.4 is 0 Å². The highest BCUT2D eigenvalue weighted by Gasteiger charge is 2.07. The summed E-state index contributed by atoms with van der Waals surface area (Å²) < 4.78 is 0. The lowest BCUT2D eigenvalue weighted by atomic mass is 9.89. The van der Waals surface area contributed by atoms with E-state index in [0.29, 0.717) is 5.41 Å². The summed E-state index contributed by atoms with van der Waals surface area (Å²) in [6.07, 6.45) is 13.8. The SMILES string of the molecule is C/C=C/C=C/CCCCC(C)(C)C. The molecule has 0 heteroatoms. The molecule has 0 nitrogen and oxygen atoms in total. The zero-order valence-electron chi connectivity index (χ0n) is 9.64. The summed E-state index contributed by atoms with van der Waals surface area (Å²) in [5.74, 6) is 0. The molecule has 0 amide bonds. The Morgan fingerprint density at radius 1 is 1.00 bits per heavy atom. The Morgan fingerprint density at radius 2 is 1.69 bits per heavy atom. The van der Waals surface area contributed by atoms with E-state index in [0.717, 1.165) is 0 Å². The van der Waals surface area contributed by atoms with E-state index in [-0.39, 0.29) is 0 Å². The normalized spacial score (nSPS) is 13.2. The van der Waals surface area contributed by atoms with Crippen LogP contribution in [0, 0.1) is 5.41 Å². The van der Waals surface area contributed by atoms with Crippen LogP contribution in [0.4, 0.5) is 0 Å². The molecule has 0 aromatic heterocycles. The molecule has 0 rings (SSSR count). The van der Waals surface area contributed by atoms with Crippen molar-refractivity contribution in [3.8, 4) is 0 Å². The van der Waals surface area contributed by atoms with E-state index < -0.39 is 0 Å². The first-order valence-electron chi connectivity index (χ1n) is 5.34. The van der Waals surface area contributed by atoms with Gasteiger partial charge < -0.3 is 0 Å². The first kappa shape index (κ1) is 12.5. The average molecular weight is 180 g/mol. The van der Waals surface area contributed by atoms with Gasteiger partial charge in [-0.15, -0.1) is 0 Å². The lowest BCUT2D eigenvalue weighted by Crippen LogP contribution is -2.03. The molecule has 0 heterocycles. The van der Waals surface area contributed by atoms with Gasteiger partial charge in [0.05, 0.1) is 0 Å². The van der Waals surface area contributed by atoms with Crippen LogP contribution in [0.25, 0.3) is 0 Å². The molecule has 0 saturated heterocycles. The van der Waals surface area contributed by atoms with Gasteiger partial charge in [0.15, 0.2) is 0 Å². The molecular weight excluding hydrogens is 156 g/mol. The molecule has 76 valence electrons. The first-order chi connectivity index (χ1) is 6.06. The molecular formula is C13H24. The Hall–Kier alpha value is -0.520. The van der Waals surface area contributed by atoms with Gasteiger partial charge in [-0.05, 0) is 31.6 Å². The van der Waals surface area contributed by atoms with Gasteiger partial charge in [-0.25, -0.2) is 0 Å². The second-order valence-corrected chi connectivity index (χ2v) is 4.76. The van der Waals surface area contributed by atoms with Gasteiger partial charge in [-0.3, -0.25) is 0 Å². The van der Waals surface area contributed by atoms with Crippen LogP contribution in [0.2, 0.25) is 0 Å². The summed E-state index contributed by atoms with van der Waals surface area (Å²) in [6, 6.07) is 0. The maximum atomic E-state index is 2.31. The van der Waals surface area contributed by atoms with Crippen LogP contribution in [-0.4, -0.2) is 0 Å². The summed E-state index contributed by atoms with van der Waals surface area (Å²) in [7, 11) is 0. The third kappa shape index (κ3) is 11.5. The third-order valence-electron chi connectivity index (χ3n) is 1.99. The zero-order chi connectivity index (χ0) is 10.2. The maximum Gasteiger partial charge on any atom is -0.0348 e. The molecule has 0 saturated carbocycles. The van der Waals surface area contributed by atoms with Gasteiger partial charge in [0.2, 0.25) is 0 Å². The summed E-state index contributed by atoms with van der Waals surface area (Å²) in [5, 5.41) is 0. The van der Waals surface area contributed by atoms with E-state index in [2.05, 4.69) is 45.1 Å². The molecule has 0 bridgehead atoms. The Morgan fingerprint density at radius 3 is 2.23 bits per heavy atom. The molecule has 0 atom stereocenters. The molecule has 0 unspecified atom stereocenters. The fraction of sp³-hybridized carbons (Fsp3) is 0.692. The molecule has 0 radical (unpaired) electrons. The Labute approximate surface area is 83.7 Å². The van der Waals surface area contributed by atoms with Crippen LogP contribution in [0.15, 0.2) is 24.3 Å². The highest BCUT2D eigenvalue weighted by Crippen LogP contribution is 2.21. The molecule has 0 aliphatic heterocycles. The quantitative estimate of drug-likeness (QED) is 0.424. The van der Waals surface area contributed by atoms with Crippen molar-refractivity contribution in [3.63, 3.8) is 0 Å². The van der Waals surface area contributed by atoms with Gasteiger partial charge in [-0.2, -0.15) is 0 Å². The van der Waals surface area contributed by atoms with Crippen molar-refractivity contribution in [1.29, 1.82) is 0 Å². The molecule has 0 aromatic carbocycles. The van der Waals surface area contributed by atoms with E-state index in [1.165, 1.54) is 25.7 Å². The Bertz CT molecular complexity index is 155. The molecule has 0 aliphatic carbocycles. The minimum Gasteiger partial charge on any atom is -0.0877 e. The van der Waals surface area contributed by atoms with E-state index in [1.807, 2.05) is 6.92 Å². The topological polar surface area (TPSA) is 0 Å². The summed E-state index contributed by atoms with van der Waals surface area (Å²) in [5.41, 5.74) is 0.507. The summed E-state index contributed by atoms with van der Waals surface area (Å²) in [4.78, 5) is 0. The number of allylic oxidation sites excluding steroid dienone is 4. The molecule has 13 heavy (non-hydrogen) atoms. The Balaban J connectivity index is 3.27. The van der Waals surface area contributed by atoms with E-state index in [9.17, 15) is 0 Å². The fourth-order valence-electron chi connectivity index (χ4n) is 1.20. The minimum absolute atomic E-state index is 0.507. The molecule has 0 N–H and O–H groups in total. The van der Waals surface area contributed by atoms with Crippen LogP contribution in [0.1, 0.15) is 53.4 Å². The zero-order valence-corrected chi connectivity index (χ0v) is 9.64. The van der Waals surface area contributed by atoms with Crippen molar-refractivity contribution in [2.45, 2.75) is 53.4 Å². The standard InChI is InChI=1S/C13H24/c1-5-6-7-8-9-10-11-12-13(2,3)4/h5-8H,9-12H2,1-4H3/b6-5+,8-7+. The van der Waals surface area contributed by atoms with Crippen molar-refractivity contribution in [1.82, 2.24) is 0 Å². The van der Waals surface area contributed by atoms with Crippen molar-refractivity contribution >= 4 is 0 Å². The van der Waals surface area contributed by atoms with Crippen molar-refractivity contribution in [2.24, 2.45) is 5.41 Å². The third-order valence-corrected chi connectivity index (χ3v) is 1.99. The predicted octanol–water partition coefficient (Wildman–Crippen LogP) is 4.73. The van der Waals surface area contributed by atoms with E-state index in [1.54, 1.807) is 0 Å². The number of hydrogen-bond donors (Lipinski definition) is 0. The molecule has 0 fully saturated rings. The number of rotatable bonds is 5. The van der Waals surface area contributed by atoms with Gasteiger partial charge in [0.25, 0.3) is 0 Å². The second kappa shape index (κ2) is 6.94. The van der Waals surface area contributed by atoms with Crippen LogP contribution in [0.5, 0.6) is 0 Å². The van der Waals surface area contributed by atoms with Crippen LogP contribution >= 0.6 is 0 Å². The Kier molecular flexibility index (Phi) is 6.66. The van der Waals surface area contributed by atoms with Crippen molar-refractivity contribution in [3.05, 3.63) is 24.3 Å². The molecule has 0 aromatic rings. The first-order valence-corrected chi connectivity index (χ1v) is 5.34. The van der Waals surface area contributed by atoms with Gasteiger partial charge in [0.1, 0.15) is 0 Å². The second-order valence-electron chi connectivity index (χ2n) is 4.76. The molecule has 0 spiro atoms. The van der Waals surface area contributed by atoms with Crippen molar-refractivity contribution in [2.75, 3.05) is 0 Å². The number of hydrogen-bond acceptors (Lipinski definition) is 0. The molecule has 0 aliphatic rings. The monoisotopic (exact) mass is 180 g/mol. The lowest BCUT2D eigenvalue weighted by molar-refractivity contribution is 0.361. The van der Waals surface area contributed by atoms with E-state index >= 15 is 0 Å². The fourth-order valence-corrected chi connectivity index (χ4v) is 1.20. The van der Waals surface area contributed by atoms with Crippen LogP contribution in [-0.2, 0) is 0 Å². The predicted molar refractivity (Wildman–Crippen MR) is 61.9 cm³/mol. The minimum atomic E-state index is 0.507. The van der Waals surface area contributed by atoms with Crippen LogP contribution in [0.3, 0.4) is 0 Å². The lowest BCUT2D eigenvalue weighted by Gasteiger charge is -2.16. The van der Waals surface area contributed by atoms with Gasteiger partial charge in [-0.1, -0.05) is 51.5 Å². The van der Waals surface area contributed by atoms with Gasteiger partial charge in [0, 0.05) is 0 Å². The summed E-state index contributed by atoms with van der Waals surface area (Å²) in [6.45, 7) is 8.97. The number of unbranched alkanes of at least 4 members (excludes halogenated alkanes) is 2. The largest absolute Gasteiger partial charge is 0.0877 e. The highest BCUT2D eigenvalue weighted by molar-refractivity contribution is 5.00. The van der Waals surface area contributed by atoms with E-state index in [4.69, 9.17) is 0 Å². The maximum absolute atomic E-state index is 2.31. The smallest absolute Gasteiger partial charge is 0.0348 e. The highest BCUT2D eigenvalue weighted by atomic mass is 14.1. The van der Waals surface area contributed by atoms with Gasteiger partial charge >= 0.3 is 0 Å². The summed E-state index contributed by atoms with van der Waals surface area (Å²) >= 11 is 0. The van der Waals surface area contributed by atoms with Crippen molar-refractivity contribution < 1.29 is 0 Å². The average Bonchev–Trinajstić information content (AvgIpc) is 2.01.